The third-order valence-corrected chi connectivity index (χ3v) is 6.14. The standard InChI is InChI=1S/C19H21NO3S/c21-19(20-14-6-1-2-7-15-20)16-10-12-18(13-11-16)24(22,23)17-8-4-3-5-9-17/h3-5,8-13H,1-2,6-7,14-15H2. The molecule has 0 N–H and O–H groups in total. The molecule has 3 rings (SSSR count). The van der Waals surface area contributed by atoms with Crippen LogP contribution in [0.25, 0.3) is 0 Å². The predicted molar refractivity (Wildman–Crippen MR) is 92.7 cm³/mol. The molecule has 126 valence electrons. The van der Waals surface area contributed by atoms with Gasteiger partial charge in [0, 0.05) is 18.7 Å². The number of carbonyl (C=O) groups is 1. The van der Waals surface area contributed by atoms with E-state index >= 15 is 0 Å². The van der Waals surface area contributed by atoms with Crippen molar-refractivity contribution in [3.05, 3.63) is 60.2 Å². The zero-order valence-electron chi connectivity index (χ0n) is 13.5. The number of sulfone groups is 1. The molecule has 1 fully saturated rings. The van der Waals surface area contributed by atoms with Gasteiger partial charge in [-0.2, -0.15) is 0 Å². The normalized spacial score (nSPS) is 15.8. The second kappa shape index (κ2) is 7.18. The number of amides is 1. The fraction of sp³-hybridized carbons (Fsp3) is 0.316. The summed E-state index contributed by atoms with van der Waals surface area (Å²) in [4.78, 5) is 14.9. The third kappa shape index (κ3) is 3.51. The van der Waals surface area contributed by atoms with Gasteiger partial charge in [-0.15, -0.1) is 0 Å². The molecule has 4 nitrogen and oxygen atoms in total. The zero-order valence-corrected chi connectivity index (χ0v) is 14.3. The Morgan fingerprint density at radius 1 is 0.750 bits per heavy atom. The summed E-state index contributed by atoms with van der Waals surface area (Å²) in [7, 11) is -3.54. The summed E-state index contributed by atoms with van der Waals surface area (Å²) >= 11 is 0. The van der Waals surface area contributed by atoms with E-state index in [1.165, 1.54) is 12.1 Å². The molecule has 0 radical (unpaired) electrons. The molecular formula is C19H21NO3S. The van der Waals surface area contributed by atoms with E-state index in [1.807, 2.05) is 4.90 Å². The van der Waals surface area contributed by atoms with Gasteiger partial charge in [-0.25, -0.2) is 8.42 Å². The molecule has 5 heteroatoms. The van der Waals surface area contributed by atoms with Gasteiger partial charge < -0.3 is 4.90 Å². The number of benzene rings is 2. The van der Waals surface area contributed by atoms with Gasteiger partial charge in [-0.05, 0) is 49.2 Å². The van der Waals surface area contributed by atoms with Crippen molar-refractivity contribution >= 4 is 15.7 Å². The lowest BCUT2D eigenvalue weighted by atomic mass is 10.2. The Kier molecular flexibility index (Phi) is 5.00. The minimum atomic E-state index is -3.54. The fourth-order valence-corrected chi connectivity index (χ4v) is 4.25. The van der Waals surface area contributed by atoms with Crippen molar-refractivity contribution in [2.45, 2.75) is 35.5 Å². The molecule has 2 aromatic rings. The van der Waals surface area contributed by atoms with E-state index in [0.717, 1.165) is 38.8 Å². The van der Waals surface area contributed by atoms with Gasteiger partial charge in [0.05, 0.1) is 9.79 Å². The zero-order chi connectivity index (χ0) is 17.0. The summed E-state index contributed by atoms with van der Waals surface area (Å²) in [6.45, 7) is 1.56. The summed E-state index contributed by atoms with van der Waals surface area (Å²) in [6, 6.07) is 14.6. The molecule has 0 saturated carbocycles. The van der Waals surface area contributed by atoms with Crippen molar-refractivity contribution in [2.24, 2.45) is 0 Å². The van der Waals surface area contributed by atoms with Crippen LogP contribution in [-0.2, 0) is 9.84 Å². The van der Waals surface area contributed by atoms with E-state index in [0.29, 0.717) is 5.56 Å². The van der Waals surface area contributed by atoms with E-state index in [2.05, 4.69) is 0 Å². The van der Waals surface area contributed by atoms with Crippen molar-refractivity contribution in [1.29, 1.82) is 0 Å². The van der Waals surface area contributed by atoms with Gasteiger partial charge in [0.1, 0.15) is 0 Å². The number of hydrogen-bond acceptors (Lipinski definition) is 3. The highest BCUT2D eigenvalue weighted by molar-refractivity contribution is 7.91. The Morgan fingerprint density at radius 3 is 1.88 bits per heavy atom. The van der Waals surface area contributed by atoms with Crippen LogP contribution in [0.15, 0.2) is 64.4 Å². The SMILES string of the molecule is O=C(c1ccc(S(=O)(=O)c2ccccc2)cc1)N1CCCCCC1. The predicted octanol–water partition coefficient (Wildman–Crippen LogP) is 3.54. The molecule has 0 atom stereocenters. The van der Waals surface area contributed by atoms with E-state index in [9.17, 15) is 13.2 Å². The van der Waals surface area contributed by atoms with Gasteiger partial charge in [0.2, 0.25) is 9.84 Å². The van der Waals surface area contributed by atoms with Crippen LogP contribution in [0, 0.1) is 0 Å². The average molecular weight is 343 g/mol. The quantitative estimate of drug-likeness (QED) is 0.856. The summed E-state index contributed by atoms with van der Waals surface area (Å²) in [5.41, 5.74) is 0.545. The van der Waals surface area contributed by atoms with Gasteiger partial charge >= 0.3 is 0 Å². The van der Waals surface area contributed by atoms with Crippen molar-refractivity contribution in [1.82, 2.24) is 4.90 Å². The molecule has 0 aromatic heterocycles. The van der Waals surface area contributed by atoms with Crippen LogP contribution >= 0.6 is 0 Å². The molecule has 0 aliphatic carbocycles. The van der Waals surface area contributed by atoms with Crippen LogP contribution < -0.4 is 0 Å². The Bertz CT molecular complexity index is 790. The molecule has 1 saturated heterocycles. The maximum atomic E-state index is 12.6. The number of likely N-dealkylation sites (tertiary alicyclic amines) is 1. The highest BCUT2D eigenvalue weighted by Gasteiger charge is 2.20. The maximum Gasteiger partial charge on any atom is 0.253 e. The molecule has 1 heterocycles. The van der Waals surface area contributed by atoms with Crippen LogP contribution in [0.4, 0.5) is 0 Å². The van der Waals surface area contributed by atoms with Crippen molar-refractivity contribution < 1.29 is 13.2 Å². The number of hydrogen-bond donors (Lipinski definition) is 0. The van der Waals surface area contributed by atoms with Crippen LogP contribution in [0.3, 0.4) is 0 Å². The molecule has 1 aliphatic heterocycles. The second-order valence-corrected chi connectivity index (χ2v) is 8.00. The lowest BCUT2D eigenvalue weighted by Crippen LogP contribution is -2.31. The van der Waals surface area contributed by atoms with E-state index in [1.54, 1.807) is 42.5 Å². The first kappa shape index (κ1) is 16.7. The van der Waals surface area contributed by atoms with Gasteiger partial charge in [0.15, 0.2) is 0 Å². The third-order valence-electron chi connectivity index (χ3n) is 4.36. The molecule has 1 aliphatic rings. The topological polar surface area (TPSA) is 54.5 Å². The number of nitrogens with zero attached hydrogens (tertiary/aromatic N) is 1. The van der Waals surface area contributed by atoms with Crippen LogP contribution in [0.2, 0.25) is 0 Å². The monoisotopic (exact) mass is 343 g/mol. The van der Waals surface area contributed by atoms with Gasteiger partial charge in [-0.1, -0.05) is 31.0 Å². The Balaban J connectivity index is 1.81. The lowest BCUT2D eigenvalue weighted by Gasteiger charge is -2.20. The molecular weight excluding hydrogens is 322 g/mol. The average Bonchev–Trinajstić information content (AvgIpc) is 2.91. The Morgan fingerprint density at radius 2 is 1.29 bits per heavy atom. The molecule has 0 spiro atoms. The molecule has 0 unspecified atom stereocenters. The molecule has 1 amide bonds. The van der Waals surface area contributed by atoms with Gasteiger partial charge in [0.25, 0.3) is 5.91 Å². The minimum Gasteiger partial charge on any atom is -0.339 e. The van der Waals surface area contributed by atoms with Crippen molar-refractivity contribution in [3.8, 4) is 0 Å². The highest BCUT2D eigenvalue weighted by Crippen LogP contribution is 2.21. The van der Waals surface area contributed by atoms with Crippen LogP contribution in [0.5, 0.6) is 0 Å². The second-order valence-electron chi connectivity index (χ2n) is 6.05. The molecule has 24 heavy (non-hydrogen) atoms. The minimum absolute atomic E-state index is 0.0134. The number of carbonyl (C=O) groups excluding carboxylic acids is 1. The summed E-state index contributed by atoms with van der Waals surface area (Å²) in [6.07, 6.45) is 4.40. The Labute approximate surface area is 143 Å². The first-order valence-corrected chi connectivity index (χ1v) is 9.77. The Hall–Kier alpha value is -2.14. The van der Waals surface area contributed by atoms with E-state index in [-0.39, 0.29) is 15.7 Å². The summed E-state index contributed by atoms with van der Waals surface area (Å²) in [5.74, 6) is -0.0134. The summed E-state index contributed by atoms with van der Waals surface area (Å²) in [5, 5.41) is 0. The highest BCUT2D eigenvalue weighted by atomic mass is 32.2. The maximum absolute atomic E-state index is 12.6. The number of rotatable bonds is 3. The molecule has 0 bridgehead atoms. The van der Waals surface area contributed by atoms with E-state index < -0.39 is 9.84 Å². The molecule has 2 aromatic carbocycles. The fourth-order valence-electron chi connectivity index (χ4n) is 2.97. The van der Waals surface area contributed by atoms with Crippen molar-refractivity contribution in [2.75, 3.05) is 13.1 Å². The lowest BCUT2D eigenvalue weighted by molar-refractivity contribution is 0.0761. The van der Waals surface area contributed by atoms with Gasteiger partial charge in [-0.3, -0.25) is 4.79 Å². The van der Waals surface area contributed by atoms with Crippen LogP contribution in [0.1, 0.15) is 36.0 Å². The summed E-state index contributed by atoms with van der Waals surface area (Å²) < 4.78 is 25.1. The van der Waals surface area contributed by atoms with E-state index in [4.69, 9.17) is 0 Å². The smallest absolute Gasteiger partial charge is 0.253 e. The van der Waals surface area contributed by atoms with Crippen molar-refractivity contribution in [3.63, 3.8) is 0 Å². The first-order valence-electron chi connectivity index (χ1n) is 8.28. The first-order chi connectivity index (χ1) is 11.6. The van der Waals surface area contributed by atoms with Crippen LogP contribution in [-0.4, -0.2) is 32.3 Å². The largest absolute Gasteiger partial charge is 0.339 e.